The van der Waals surface area contributed by atoms with Crippen LogP contribution in [0, 0.1) is 0 Å². The van der Waals surface area contributed by atoms with Crippen molar-refractivity contribution in [2.75, 3.05) is 33.6 Å². The van der Waals surface area contributed by atoms with Crippen LogP contribution in [-0.4, -0.2) is 52.2 Å². The van der Waals surface area contributed by atoms with E-state index in [1.807, 2.05) is 18.2 Å². The molecule has 1 amide bonds. The molecule has 30 heavy (non-hydrogen) atoms. The van der Waals surface area contributed by atoms with Crippen molar-refractivity contribution in [2.24, 2.45) is 0 Å². The van der Waals surface area contributed by atoms with Crippen LogP contribution in [0.25, 0.3) is 0 Å². The van der Waals surface area contributed by atoms with Crippen molar-refractivity contribution >= 4 is 27.5 Å². The number of carbonyl (C=O) groups is 1. The first-order valence-corrected chi connectivity index (χ1v) is 11.6. The summed E-state index contributed by atoms with van der Waals surface area (Å²) in [6.07, 6.45) is 2.51. The highest BCUT2D eigenvalue weighted by atomic mass is 35.5. The molecule has 0 fully saturated rings. The summed E-state index contributed by atoms with van der Waals surface area (Å²) in [7, 11) is -0.411. The zero-order valence-corrected chi connectivity index (χ0v) is 18.9. The van der Waals surface area contributed by atoms with Gasteiger partial charge in [-0.05, 0) is 42.2 Å². The molecule has 0 aliphatic rings. The van der Waals surface area contributed by atoms with Gasteiger partial charge in [-0.2, -0.15) is 4.31 Å². The van der Waals surface area contributed by atoms with Crippen molar-refractivity contribution in [3.8, 4) is 11.5 Å². The quantitative estimate of drug-likeness (QED) is 0.528. The van der Waals surface area contributed by atoms with Gasteiger partial charge in [-0.1, -0.05) is 35.9 Å². The normalized spacial score (nSPS) is 11.4. The van der Waals surface area contributed by atoms with Crippen LogP contribution < -0.4 is 14.8 Å². The van der Waals surface area contributed by atoms with Crippen LogP contribution in [0.15, 0.2) is 42.5 Å². The number of ether oxygens (including phenoxy) is 2. The number of nitrogens with zero attached hydrogens (tertiary/aromatic N) is 1. The minimum absolute atomic E-state index is 0.0393. The largest absolute Gasteiger partial charge is 0.493 e. The second kappa shape index (κ2) is 11.2. The molecule has 7 nitrogen and oxygen atoms in total. The summed E-state index contributed by atoms with van der Waals surface area (Å²) in [5, 5.41) is 3.23. The van der Waals surface area contributed by atoms with Crippen LogP contribution in [0.3, 0.4) is 0 Å². The number of hydrogen-bond acceptors (Lipinski definition) is 5. The van der Waals surface area contributed by atoms with Crippen LogP contribution in [0.2, 0.25) is 5.02 Å². The van der Waals surface area contributed by atoms with Gasteiger partial charge in [-0.25, -0.2) is 8.42 Å². The zero-order valence-electron chi connectivity index (χ0n) is 17.4. The summed E-state index contributed by atoms with van der Waals surface area (Å²) in [6, 6.07) is 12.6. The minimum Gasteiger partial charge on any atom is -0.493 e. The summed E-state index contributed by atoms with van der Waals surface area (Å²) < 4.78 is 35.8. The third-order valence-corrected chi connectivity index (χ3v) is 6.07. The Morgan fingerprint density at radius 1 is 1.10 bits per heavy atom. The van der Waals surface area contributed by atoms with E-state index in [0.29, 0.717) is 35.1 Å². The molecule has 0 saturated heterocycles. The Kier molecular flexibility index (Phi) is 8.95. The maximum atomic E-state index is 12.3. The first kappa shape index (κ1) is 24.0. The number of aryl methyl sites for hydroxylation is 1. The molecule has 0 saturated carbocycles. The van der Waals surface area contributed by atoms with E-state index in [0.717, 1.165) is 22.5 Å². The average Bonchev–Trinajstić information content (AvgIpc) is 2.71. The minimum atomic E-state index is -3.57. The second-order valence-corrected chi connectivity index (χ2v) is 9.15. The molecule has 0 unspecified atom stereocenters. The van der Waals surface area contributed by atoms with Crippen LogP contribution >= 0.6 is 11.6 Å². The second-order valence-electron chi connectivity index (χ2n) is 6.77. The van der Waals surface area contributed by atoms with Gasteiger partial charge >= 0.3 is 0 Å². The monoisotopic (exact) mass is 454 g/mol. The summed E-state index contributed by atoms with van der Waals surface area (Å²) in [6.45, 7) is 0.203. The van der Waals surface area contributed by atoms with Crippen molar-refractivity contribution in [1.29, 1.82) is 0 Å². The molecule has 0 aliphatic heterocycles. The number of sulfonamides is 1. The Balaban J connectivity index is 1.87. The molecule has 164 valence electrons. The number of methoxy groups -OCH3 is 2. The lowest BCUT2D eigenvalue weighted by Gasteiger charge is -2.20. The van der Waals surface area contributed by atoms with Gasteiger partial charge in [0.25, 0.3) is 0 Å². The molecule has 0 heterocycles. The van der Waals surface area contributed by atoms with Crippen LogP contribution in [0.4, 0.5) is 0 Å². The maximum Gasteiger partial charge on any atom is 0.235 e. The number of hydrogen-bond donors (Lipinski definition) is 1. The lowest BCUT2D eigenvalue weighted by Crippen LogP contribution is -2.40. The predicted octanol–water partition coefficient (Wildman–Crippen LogP) is 2.87. The Hall–Kier alpha value is -2.29. The third kappa shape index (κ3) is 7.19. The molecule has 0 radical (unpaired) electrons. The van der Waals surface area contributed by atoms with E-state index in [4.69, 9.17) is 21.1 Å². The lowest BCUT2D eigenvalue weighted by atomic mass is 10.1. The summed E-state index contributed by atoms with van der Waals surface area (Å²) in [5.74, 6) is 0.955. The van der Waals surface area contributed by atoms with Crippen molar-refractivity contribution in [1.82, 2.24) is 9.62 Å². The number of halogens is 1. The highest BCUT2D eigenvalue weighted by Gasteiger charge is 2.21. The molecule has 2 aromatic carbocycles. The van der Waals surface area contributed by atoms with Gasteiger partial charge in [0.2, 0.25) is 15.9 Å². The Morgan fingerprint density at radius 3 is 2.43 bits per heavy atom. The van der Waals surface area contributed by atoms with Gasteiger partial charge in [-0.3, -0.25) is 4.79 Å². The molecule has 0 atom stereocenters. The van der Waals surface area contributed by atoms with Crippen LogP contribution in [0.1, 0.15) is 17.5 Å². The third-order valence-electron chi connectivity index (χ3n) is 4.51. The first-order chi connectivity index (χ1) is 14.2. The summed E-state index contributed by atoms with van der Waals surface area (Å²) in [5.41, 5.74) is 1.70. The molecule has 2 aromatic rings. The molecular weight excluding hydrogens is 428 g/mol. The smallest absolute Gasteiger partial charge is 0.235 e. The molecule has 0 spiro atoms. The van der Waals surface area contributed by atoms with E-state index in [2.05, 4.69) is 5.32 Å². The molecule has 0 aliphatic carbocycles. The van der Waals surface area contributed by atoms with E-state index >= 15 is 0 Å². The topological polar surface area (TPSA) is 84.9 Å². The SMILES string of the molecule is COc1ccc(CCCNC(=O)CN(Cc2ccccc2Cl)S(C)(=O)=O)cc1OC. The average molecular weight is 455 g/mol. The fourth-order valence-corrected chi connectivity index (χ4v) is 3.80. The van der Waals surface area contributed by atoms with Gasteiger partial charge in [0.15, 0.2) is 11.5 Å². The van der Waals surface area contributed by atoms with Crippen molar-refractivity contribution in [2.45, 2.75) is 19.4 Å². The fraction of sp³-hybridized carbons (Fsp3) is 0.381. The first-order valence-electron chi connectivity index (χ1n) is 9.40. The molecule has 2 rings (SSSR count). The maximum absolute atomic E-state index is 12.3. The van der Waals surface area contributed by atoms with Crippen molar-refractivity contribution in [3.63, 3.8) is 0 Å². The van der Waals surface area contributed by atoms with Gasteiger partial charge in [0.05, 0.1) is 27.0 Å². The van der Waals surface area contributed by atoms with E-state index in [1.54, 1.807) is 38.5 Å². The Labute approximate surface area is 183 Å². The Morgan fingerprint density at radius 2 is 1.80 bits per heavy atom. The lowest BCUT2D eigenvalue weighted by molar-refractivity contribution is -0.121. The van der Waals surface area contributed by atoms with Crippen LogP contribution in [-0.2, 0) is 27.8 Å². The van der Waals surface area contributed by atoms with Crippen molar-refractivity contribution < 1.29 is 22.7 Å². The van der Waals surface area contributed by atoms with Gasteiger partial charge in [0, 0.05) is 18.1 Å². The predicted molar refractivity (Wildman–Crippen MR) is 118 cm³/mol. The van der Waals surface area contributed by atoms with E-state index in [-0.39, 0.29) is 19.0 Å². The van der Waals surface area contributed by atoms with E-state index < -0.39 is 10.0 Å². The van der Waals surface area contributed by atoms with Gasteiger partial charge in [0.1, 0.15) is 0 Å². The van der Waals surface area contributed by atoms with E-state index in [9.17, 15) is 13.2 Å². The molecule has 0 aromatic heterocycles. The van der Waals surface area contributed by atoms with Crippen LogP contribution in [0.5, 0.6) is 11.5 Å². The standard InChI is InChI=1S/C21H27ClN2O5S/c1-28-19-11-10-16(13-20(19)29-2)7-6-12-23-21(25)15-24(30(3,26)27)14-17-8-4-5-9-18(17)22/h4-5,8-11,13H,6-7,12,14-15H2,1-3H3,(H,23,25). The fourth-order valence-electron chi connectivity index (χ4n) is 2.88. The molecule has 0 bridgehead atoms. The number of nitrogens with one attached hydrogen (secondary N) is 1. The highest BCUT2D eigenvalue weighted by Crippen LogP contribution is 2.27. The number of amides is 1. The van der Waals surface area contributed by atoms with Gasteiger partial charge in [-0.15, -0.1) is 0 Å². The number of benzene rings is 2. The zero-order chi connectivity index (χ0) is 22.1. The molecule has 1 N–H and O–H groups in total. The molecule has 9 heteroatoms. The number of carbonyl (C=O) groups excluding carboxylic acids is 1. The van der Waals surface area contributed by atoms with Crippen molar-refractivity contribution in [3.05, 3.63) is 58.6 Å². The number of rotatable bonds is 11. The summed E-state index contributed by atoms with van der Waals surface area (Å²) in [4.78, 5) is 12.3. The molecular formula is C21H27ClN2O5S. The Bertz CT molecular complexity index is 966. The highest BCUT2D eigenvalue weighted by molar-refractivity contribution is 7.88. The summed E-state index contributed by atoms with van der Waals surface area (Å²) >= 11 is 6.12. The van der Waals surface area contributed by atoms with E-state index in [1.165, 1.54) is 0 Å². The van der Waals surface area contributed by atoms with Gasteiger partial charge < -0.3 is 14.8 Å².